The zero-order valence-corrected chi connectivity index (χ0v) is 12.8. The molecule has 1 heterocycles. The average Bonchev–Trinajstić information content (AvgIpc) is 3.26. The number of benzene rings is 1. The summed E-state index contributed by atoms with van der Waals surface area (Å²) < 4.78 is 11.7. The summed E-state index contributed by atoms with van der Waals surface area (Å²) in [6.45, 7) is 5.56. The highest BCUT2D eigenvalue weighted by Crippen LogP contribution is 2.49. The molecule has 0 bridgehead atoms. The first-order valence-corrected chi connectivity index (χ1v) is 7.82. The molecule has 1 aliphatic heterocycles. The molecule has 1 N–H and O–H groups in total. The van der Waals surface area contributed by atoms with E-state index in [-0.39, 0.29) is 17.4 Å². The van der Waals surface area contributed by atoms with E-state index in [1.54, 1.807) is 12.1 Å². The van der Waals surface area contributed by atoms with Crippen LogP contribution in [0.3, 0.4) is 0 Å². The second-order valence-corrected chi connectivity index (χ2v) is 6.40. The van der Waals surface area contributed by atoms with Gasteiger partial charge in [0, 0.05) is 17.0 Å². The third-order valence-corrected chi connectivity index (χ3v) is 4.33. The van der Waals surface area contributed by atoms with Crippen molar-refractivity contribution in [2.24, 2.45) is 5.41 Å². The highest BCUT2D eigenvalue weighted by molar-refractivity contribution is 5.95. The quantitative estimate of drug-likeness (QED) is 0.926. The molecule has 1 fully saturated rings. The molecule has 0 saturated heterocycles. The molecule has 1 unspecified atom stereocenters. The minimum Gasteiger partial charge on any atom is -0.489 e. The van der Waals surface area contributed by atoms with E-state index in [1.807, 2.05) is 13.0 Å². The molecule has 0 aromatic heterocycles. The number of hydrogen-bond acceptors (Lipinski definition) is 3. The van der Waals surface area contributed by atoms with E-state index in [0.29, 0.717) is 17.9 Å². The molecule has 2 aliphatic rings. The van der Waals surface area contributed by atoms with Gasteiger partial charge in [0.25, 0.3) is 5.91 Å². The van der Waals surface area contributed by atoms with Gasteiger partial charge in [-0.2, -0.15) is 0 Å². The van der Waals surface area contributed by atoms with Gasteiger partial charge in [-0.1, -0.05) is 13.3 Å². The van der Waals surface area contributed by atoms with Gasteiger partial charge in [0.05, 0.1) is 13.2 Å². The Morgan fingerprint density at radius 1 is 1.29 bits per heavy atom. The Kier molecular flexibility index (Phi) is 3.79. The number of nitrogens with one attached hydrogen (secondary N) is 1. The summed E-state index contributed by atoms with van der Waals surface area (Å²) in [4.78, 5) is 12.2. The Bertz CT molecular complexity index is 537. The monoisotopic (exact) mass is 289 g/mol. The second-order valence-electron chi connectivity index (χ2n) is 6.40. The molecular weight excluding hydrogens is 266 g/mol. The molecule has 114 valence electrons. The third-order valence-electron chi connectivity index (χ3n) is 4.33. The number of carbonyl (C=O) groups is 1. The molecule has 4 nitrogen and oxygen atoms in total. The van der Waals surface area contributed by atoms with Gasteiger partial charge in [-0.15, -0.1) is 0 Å². The normalized spacial score (nSPS) is 19.7. The first-order chi connectivity index (χ1) is 10.1. The Balaban J connectivity index is 1.71. The summed E-state index contributed by atoms with van der Waals surface area (Å²) in [5.74, 6) is 1.39. The molecule has 21 heavy (non-hydrogen) atoms. The summed E-state index contributed by atoms with van der Waals surface area (Å²) in [6, 6.07) is 5.63. The van der Waals surface area contributed by atoms with Crippen LogP contribution in [0.2, 0.25) is 0 Å². The molecule has 1 saturated carbocycles. The molecule has 1 amide bonds. The van der Waals surface area contributed by atoms with Crippen LogP contribution < -0.4 is 14.8 Å². The van der Waals surface area contributed by atoms with Crippen molar-refractivity contribution in [2.45, 2.75) is 45.6 Å². The third kappa shape index (κ3) is 3.14. The standard InChI is InChI=1S/C17H23NO3/c1-3-4-12(2)18-16(19)13-5-6-14-15(9-13)21-11-17(7-8-17)10-20-14/h5-6,9,12H,3-4,7-8,10-11H2,1-2H3,(H,18,19). The highest BCUT2D eigenvalue weighted by atomic mass is 16.5. The topological polar surface area (TPSA) is 47.6 Å². The maximum absolute atomic E-state index is 12.2. The fraction of sp³-hybridized carbons (Fsp3) is 0.588. The predicted molar refractivity (Wildman–Crippen MR) is 80.9 cm³/mol. The van der Waals surface area contributed by atoms with E-state index >= 15 is 0 Å². The number of fused-ring (bicyclic) bond motifs is 1. The molecule has 4 heteroatoms. The van der Waals surface area contributed by atoms with Gasteiger partial charge in [-0.3, -0.25) is 4.79 Å². The molecule has 1 aromatic carbocycles. The lowest BCUT2D eigenvalue weighted by molar-refractivity contribution is 0.0938. The van der Waals surface area contributed by atoms with E-state index < -0.39 is 0 Å². The lowest BCUT2D eigenvalue weighted by Crippen LogP contribution is -2.32. The summed E-state index contributed by atoms with van der Waals surface area (Å²) >= 11 is 0. The van der Waals surface area contributed by atoms with Gasteiger partial charge >= 0.3 is 0 Å². The SMILES string of the molecule is CCCC(C)NC(=O)c1ccc2c(c1)OCC1(CC1)CO2. The largest absolute Gasteiger partial charge is 0.489 e. The van der Waals surface area contributed by atoms with Crippen LogP contribution in [0.25, 0.3) is 0 Å². The lowest BCUT2D eigenvalue weighted by atomic mass is 10.1. The minimum absolute atomic E-state index is 0.0484. The first kappa shape index (κ1) is 14.2. The van der Waals surface area contributed by atoms with Crippen molar-refractivity contribution >= 4 is 5.91 Å². The minimum atomic E-state index is -0.0484. The lowest BCUT2D eigenvalue weighted by Gasteiger charge is -2.14. The van der Waals surface area contributed by atoms with E-state index in [9.17, 15) is 4.79 Å². The fourth-order valence-corrected chi connectivity index (χ4v) is 2.66. The molecule has 1 aromatic rings. The zero-order valence-electron chi connectivity index (χ0n) is 12.8. The number of carbonyl (C=O) groups excluding carboxylic acids is 1. The Morgan fingerprint density at radius 3 is 2.67 bits per heavy atom. The first-order valence-electron chi connectivity index (χ1n) is 7.82. The van der Waals surface area contributed by atoms with Crippen molar-refractivity contribution in [3.63, 3.8) is 0 Å². The van der Waals surface area contributed by atoms with Crippen molar-refractivity contribution < 1.29 is 14.3 Å². The van der Waals surface area contributed by atoms with Gasteiger partial charge < -0.3 is 14.8 Å². The van der Waals surface area contributed by atoms with Gasteiger partial charge in [0.15, 0.2) is 11.5 Å². The molecule has 1 aliphatic carbocycles. The van der Waals surface area contributed by atoms with Gasteiger partial charge in [0.2, 0.25) is 0 Å². The van der Waals surface area contributed by atoms with Crippen LogP contribution in [0.15, 0.2) is 18.2 Å². The van der Waals surface area contributed by atoms with E-state index in [2.05, 4.69) is 12.2 Å². The smallest absolute Gasteiger partial charge is 0.251 e. The van der Waals surface area contributed by atoms with Crippen LogP contribution in [0.5, 0.6) is 11.5 Å². The number of ether oxygens (including phenoxy) is 2. The average molecular weight is 289 g/mol. The Morgan fingerprint density at radius 2 is 2.00 bits per heavy atom. The predicted octanol–water partition coefficient (Wildman–Crippen LogP) is 3.16. The summed E-state index contributed by atoms with van der Waals surface area (Å²) in [6.07, 6.45) is 4.38. The van der Waals surface area contributed by atoms with Crippen molar-refractivity contribution in [3.05, 3.63) is 23.8 Å². The molecular formula is C17H23NO3. The van der Waals surface area contributed by atoms with Crippen LogP contribution in [-0.4, -0.2) is 25.2 Å². The number of rotatable bonds is 4. The van der Waals surface area contributed by atoms with Crippen molar-refractivity contribution in [1.29, 1.82) is 0 Å². The number of amides is 1. The summed E-state index contributed by atoms with van der Waals surface area (Å²) in [5.41, 5.74) is 0.851. The highest BCUT2D eigenvalue weighted by Gasteiger charge is 2.46. The zero-order chi connectivity index (χ0) is 14.9. The van der Waals surface area contributed by atoms with Crippen LogP contribution in [0.1, 0.15) is 49.9 Å². The summed E-state index contributed by atoms with van der Waals surface area (Å²) in [7, 11) is 0. The van der Waals surface area contributed by atoms with E-state index in [4.69, 9.17) is 9.47 Å². The van der Waals surface area contributed by atoms with Crippen molar-refractivity contribution in [2.75, 3.05) is 13.2 Å². The van der Waals surface area contributed by atoms with Crippen LogP contribution in [-0.2, 0) is 0 Å². The van der Waals surface area contributed by atoms with Crippen LogP contribution in [0, 0.1) is 5.41 Å². The molecule has 1 spiro atoms. The maximum atomic E-state index is 12.2. The maximum Gasteiger partial charge on any atom is 0.251 e. The van der Waals surface area contributed by atoms with Crippen molar-refractivity contribution in [1.82, 2.24) is 5.32 Å². The Hall–Kier alpha value is -1.71. The van der Waals surface area contributed by atoms with Gasteiger partial charge in [-0.25, -0.2) is 0 Å². The van der Waals surface area contributed by atoms with Gasteiger partial charge in [0.1, 0.15) is 0 Å². The Labute approximate surface area is 125 Å². The van der Waals surface area contributed by atoms with E-state index in [0.717, 1.165) is 25.2 Å². The molecule has 0 radical (unpaired) electrons. The summed E-state index contributed by atoms with van der Waals surface area (Å²) in [5, 5.41) is 3.01. The fourth-order valence-electron chi connectivity index (χ4n) is 2.66. The number of hydrogen-bond donors (Lipinski definition) is 1. The second kappa shape index (κ2) is 5.58. The van der Waals surface area contributed by atoms with Gasteiger partial charge in [-0.05, 0) is 44.4 Å². The van der Waals surface area contributed by atoms with Crippen molar-refractivity contribution in [3.8, 4) is 11.5 Å². The van der Waals surface area contributed by atoms with Crippen LogP contribution in [0.4, 0.5) is 0 Å². The molecule has 1 atom stereocenters. The van der Waals surface area contributed by atoms with E-state index in [1.165, 1.54) is 12.8 Å². The van der Waals surface area contributed by atoms with Crippen LogP contribution >= 0.6 is 0 Å². The molecule has 3 rings (SSSR count).